The minimum Gasteiger partial charge on any atom is -0.493 e. The van der Waals surface area contributed by atoms with Crippen molar-refractivity contribution < 1.29 is 14.6 Å². The van der Waals surface area contributed by atoms with Crippen LogP contribution in [0.1, 0.15) is 39.5 Å². The van der Waals surface area contributed by atoms with Gasteiger partial charge in [0.1, 0.15) is 11.8 Å². The van der Waals surface area contributed by atoms with Gasteiger partial charge in [-0.3, -0.25) is 4.68 Å². The summed E-state index contributed by atoms with van der Waals surface area (Å²) in [6, 6.07) is 0. The largest absolute Gasteiger partial charge is 0.493 e. The molecule has 0 saturated carbocycles. The van der Waals surface area contributed by atoms with Crippen LogP contribution in [0.5, 0.6) is 5.75 Å². The summed E-state index contributed by atoms with van der Waals surface area (Å²) in [4.78, 5) is 0. The Morgan fingerprint density at radius 3 is 2.59 bits per heavy atom. The third kappa shape index (κ3) is 3.71. The molecule has 0 spiro atoms. The summed E-state index contributed by atoms with van der Waals surface area (Å²) in [6.45, 7) is 8.74. The van der Waals surface area contributed by atoms with Crippen molar-refractivity contribution in [2.24, 2.45) is 0 Å². The van der Waals surface area contributed by atoms with E-state index in [-0.39, 0.29) is 12.2 Å². The van der Waals surface area contributed by atoms with Gasteiger partial charge in [0.25, 0.3) is 0 Å². The highest BCUT2D eigenvalue weighted by Gasteiger charge is 2.21. The first kappa shape index (κ1) is 14.0. The molecule has 1 N–H and O–H groups in total. The second-order valence-electron chi connectivity index (χ2n) is 4.85. The molecule has 1 aromatic rings. The van der Waals surface area contributed by atoms with Gasteiger partial charge in [-0.1, -0.05) is 0 Å². The van der Waals surface area contributed by atoms with E-state index >= 15 is 0 Å². The van der Waals surface area contributed by atoms with Crippen LogP contribution in [0.25, 0.3) is 0 Å². The molecule has 0 fully saturated rings. The van der Waals surface area contributed by atoms with Crippen LogP contribution in [0.3, 0.4) is 0 Å². The molecular formula is C12H22N2O3. The van der Waals surface area contributed by atoms with Crippen LogP contribution in [-0.4, -0.2) is 34.2 Å². The van der Waals surface area contributed by atoms with Crippen molar-refractivity contribution >= 4 is 0 Å². The van der Waals surface area contributed by atoms with Gasteiger partial charge >= 0.3 is 0 Å². The Labute approximate surface area is 102 Å². The number of ether oxygens (including phenoxy) is 2. The molecule has 0 aliphatic heterocycles. The molecule has 1 rings (SSSR count). The molecule has 0 amide bonds. The predicted octanol–water partition coefficient (Wildman–Crippen LogP) is 1.76. The van der Waals surface area contributed by atoms with Crippen molar-refractivity contribution in [3.05, 3.63) is 11.9 Å². The molecule has 5 heteroatoms. The minimum absolute atomic E-state index is 0.228. The van der Waals surface area contributed by atoms with E-state index in [9.17, 15) is 5.11 Å². The second-order valence-corrected chi connectivity index (χ2v) is 4.85. The van der Waals surface area contributed by atoms with Crippen LogP contribution in [0.4, 0.5) is 0 Å². The molecule has 0 aliphatic carbocycles. The fourth-order valence-corrected chi connectivity index (χ4v) is 1.53. The summed E-state index contributed by atoms with van der Waals surface area (Å²) < 4.78 is 12.5. The van der Waals surface area contributed by atoms with E-state index in [0.29, 0.717) is 18.0 Å². The Balaban J connectivity index is 2.79. The van der Waals surface area contributed by atoms with Gasteiger partial charge in [0.05, 0.1) is 25.5 Å². The normalized spacial score (nSPS) is 13.8. The zero-order valence-corrected chi connectivity index (χ0v) is 11.2. The molecular weight excluding hydrogens is 220 g/mol. The summed E-state index contributed by atoms with van der Waals surface area (Å²) >= 11 is 0. The van der Waals surface area contributed by atoms with E-state index in [1.54, 1.807) is 18.0 Å². The van der Waals surface area contributed by atoms with Crippen molar-refractivity contribution in [2.45, 2.75) is 45.9 Å². The number of nitrogens with zero attached hydrogens (tertiary/aromatic N) is 2. The van der Waals surface area contributed by atoms with Gasteiger partial charge in [-0.15, -0.1) is 0 Å². The number of aryl methyl sites for hydroxylation is 1. The van der Waals surface area contributed by atoms with Crippen molar-refractivity contribution in [1.29, 1.82) is 0 Å². The van der Waals surface area contributed by atoms with Crippen molar-refractivity contribution in [1.82, 2.24) is 9.78 Å². The van der Waals surface area contributed by atoms with Crippen LogP contribution in [0.15, 0.2) is 6.20 Å². The molecule has 98 valence electrons. The zero-order valence-electron chi connectivity index (χ0n) is 11.2. The topological polar surface area (TPSA) is 56.5 Å². The monoisotopic (exact) mass is 242 g/mol. The molecule has 0 saturated heterocycles. The lowest BCUT2D eigenvalue weighted by Crippen LogP contribution is -2.24. The van der Waals surface area contributed by atoms with Gasteiger partial charge in [-0.25, -0.2) is 0 Å². The van der Waals surface area contributed by atoms with E-state index in [2.05, 4.69) is 5.10 Å². The number of aliphatic hydroxyl groups excluding tert-OH is 1. The van der Waals surface area contributed by atoms with E-state index < -0.39 is 6.10 Å². The summed E-state index contributed by atoms with van der Waals surface area (Å²) in [7, 11) is 1.57. The fourth-order valence-electron chi connectivity index (χ4n) is 1.53. The first-order valence-corrected chi connectivity index (χ1v) is 5.80. The van der Waals surface area contributed by atoms with Crippen LogP contribution < -0.4 is 4.74 Å². The molecule has 1 unspecified atom stereocenters. The van der Waals surface area contributed by atoms with E-state index in [0.717, 1.165) is 0 Å². The predicted molar refractivity (Wildman–Crippen MR) is 65.1 cm³/mol. The van der Waals surface area contributed by atoms with Crippen molar-refractivity contribution in [2.75, 3.05) is 13.7 Å². The van der Waals surface area contributed by atoms with E-state index in [4.69, 9.17) is 9.47 Å². The fraction of sp³-hybridized carbons (Fsp3) is 0.750. The van der Waals surface area contributed by atoms with Crippen molar-refractivity contribution in [3.8, 4) is 5.75 Å². The number of aromatic nitrogens is 2. The van der Waals surface area contributed by atoms with E-state index in [1.165, 1.54) is 0 Å². The quantitative estimate of drug-likeness (QED) is 0.854. The third-order valence-electron chi connectivity index (χ3n) is 2.35. The molecule has 1 heterocycles. The molecule has 5 nitrogen and oxygen atoms in total. The molecule has 0 bridgehead atoms. The number of rotatable bonds is 5. The lowest BCUT2D eigenvalue weighted by atomic mass is 10.2. The van der Waals surface area contributed by atoms with Crippen LogP contribution in [-0.2, 0) is 11.3 Å². The second kappa shape index (κ2) is 5.51. The van der Waals surface area contributed by atoms with Gasteiger partial charge in [-0.2, -0.15) is 5.10 Å². The van der Waals surface area contributed by atoms with Gasteiger partial charge in [0.15, 0.2) is 5.75 Å². The molecule has 0 aliphatic rings. The van der Waals surface area contributed by atoms with E-state index in [1.807, 2.05) is 27.7 Å². The lowest BCUT2D eigenvalue weighted by Gasteiger charge is -2.22. The number of aliphatic hydroxyl groups is 1. The van der Waals surface area contributed by atoms with Gasteiger partial charge < -0.3 is 14.6 Å². The third-order valence-corrected chi connectivity index (χ3v) is 2.35. The highest BCUT2D eigenvalue weighted by Crippen LogP contribution is 2.26. The van der Waals surface area contributed by atoms with Crippen LogP contribution >= 0.6 is 0 Å². The van der Waals surface area contributed by atoms with Crippen molar-refractivity contribution in [3.63, 3.8) is 0 Å². The molecule has 1 aromatic heterocycles. The first-order chi connectivity index (χ1) is 7.89. The van der Waals surface area contributed by atoms with Crippen LogP contribution in [0, 0.1) is 0 Å². The Kier molecular flexibility index (Phi) is 4.54. The Bertz CT molecular complexity index is 334. The SMILES string of the molecule is CCn1ncc(OC)c1C(O)COC(C)(C)C. The van der Waals surface area contributed by atoms with Gasteiger partial charge in [-0.05, 0) is 27.7 Å². The highest BCUT2D eigenvalue weighted by molar-refractivity contribution is 5.27. The van der Waals surface area contributed by atoms with Crippen LogP contribution in [0.2, 0.25) is 0 Å². The Hall–Kier alpha value is -1.07. The number of hydrogen-bond acceptors (Lipinski definition) is 4. The van der Waals surface area contributed by atoms with Gasteiger partial charge in [0.2, 0.25) is 0 Å². The average molecular weight is 242 g/mol. The number of methoxy groups -OCH3 is 1. The average Bonchev–Trinajstić information content (AvgIpc) is 2.67. The highest BCUT2D eigenvalue weighted by atomic mass is 16.5. The standard InChI is InChI=1S/C12H22N2O3/c1-6-14-11(10(16-5)7-13-14)9(15)8-17-12(2,3)4/h7,9,15H,6,8H2,1-5H3. The number of hydrogen-bond donors (Lipinski definition) is 1. The molecule has 1 atom stereocenters. The maximum Gasteiger partial charge on any atom is 0.162 e. The molecule has 0 radical (unpaired) electrons. The summed E-state index contributed by atoms with van der Waals surface area (Å²) in [6.07, 6.45) is 0.880. The summed E-state index contributed by atoms with van der Waals surface area (Å²) in [5.41, 5.74) is 0.393. The minimum atomic E-state index is -0.730. The van der Waals surface area contributed by atoms with Gasteiger partial charge in [0, 0.05) is 6.54 Å². The zero-order chi connectivity index (χ0) is 13.1. The Morgan fingerprint density at radius 1 is 1.47 bits per heavy atom. The summed E-state index contributed by atoms with van der Waals surface area (Å²) in [5.74, 6) is 0.594. The maximum atomic E-state index is 10.1. The molecule has 17 heavy (non-hydrogen) atoms. The first-order valence-electron chi connectivity index (χ1n) is 5.80. The Morgan fingerprint density at radius 2 is 2.12 bits per heavy atom. The maximum absolute atomic E-state index is 10.1. The lowest BCUT2D eigenvalue weighted by molar-refractivity contribution is -0.0521. The smallest absolute Gasteiger partial charge is 0.162 e. The summed E-state index contributed by atoms with van der Waals surface area (Å²) in [5, 5.41) is 14.3. The molecule has 0 aromatic carbocycles.